The monoisotopic (exact) mass is 214 g/mol. The Morgan fingerprint density at radius 3 is 2.64 bits per heavy atom. The number of rotatable bonds is 4. The first-order chi connectivity index (χ1) is 5.35. The first-order valence-electron chi connectivity index (χ1n) is 4.07. The van der Waals surface area contributed by atoms with Crippen molar-refractivity contribution in [2.24, 2.45) is 0 Å². The van der Waals surface area contributed by atoms with Gasteiger partial charge in [-0.2, -0.15) is 0 Å². The van der Waals surface area contributed by atoms with Crippen LogP contribution in [0, 0.1) is 11.8 Å². The molecule has 62 valence electrons. The Bertz CT molecular complexity index is 169. The van der Waals surface area contributed by atoms with Crippen molar-refractivity contribution in [1.29, 1.82) is 0 Å². The summed E-state index contributed by atoms with van der Waals surface area (Å²) in [5.41, 5.74) is 1.21. The Morgan fingerprint density at radius 2 is 2.18 bits per heavy atom. The summed E-state index contributed by atoms with van der Waals surface area (Å²) in [6.45, 7) is 4.08. The number of hydrogen-bond donors (Lipinski definition) is 0. The van der Waals surface area contributed by atoms with Crippen LogP contribution in [0.4, 0.5) is 0 Å². The van der Waals surface area contributed by atoms with Crippen LogP contribution in [-0.4, -0.2) is 0 Å². The van der Waals surface area contributed by atoms with Crippen molar-refractivity contribution in [3.8, 4) is 11.8 Å². The molecule has 0 spiro atoms. The Kier molecular flexibility index (Phi) is 7.72. The highest BCUT2D eigenvalue weighted by Crippen LogP contribution is 2.09. The average molecular weight is 215 g/mol. The molecule has 0 rings (SSSR count). The lowest BCUT2D eigenvalue weighted by molar-refractivity contribution is 0.721. The number of hydrogen-bond acceptors (Lipinski definition) is 0. The maximum Gasteiger partial charge on any atom is 0.00892 e. The fourth-order valence-corrected chi connectivity index (χ4v) is 1.21. The summed E-state index contributed by atoms with van der Waals surface area (Å²) in [6, 6.07) is 0. The van der Waals surface area contributed by atoms with E-state index in [4.69, 9.17) is 0 Å². The summed E-state index contributed by atoms with van der Waals surface area (Å²) in [4.78, 5) is 1.93. The Labute approximate surface area is 78.2 Å². The topological polar surface area (TPSA) is 0 Å². The van der Waals surface area contributed by atoms with Gasteiger partial charge in [0.2, 0.25) is 0 Å². The third-order valence-electron chi connectivity index (χ3n) is 1.47. The summed E-state index contributed by atoms with van der Waals surface area (Å²) in [5, 5.41) is 0. The minimum Gasteiger partial charge on any atom is -0.102 e. The van der Waals surface area contributed by atoms with Crippen LogP contribution in [0.5, 0.6) is 0 Å². The zero-order valence-corrected chi connectivity index (χ0v) is 8.87. The van der Waals surface area contributed by atoms with Gasteiger partial charge < -0.3 is 0 Å². The zero-order chi connectivity index (χ0) is 8.53. The van der Waals surface area contributed by atoms with Crippen LogP contribution < -0.4 is 0 Å². The molecule has 0 N–H and O–H groups in total. The molecule has 0 atom stereocenters. The normalized spacial score (nSPS) is 10.6. The van der Waals surface area contributed by atoms with E-state index in [1.807, 2.05) is 11.9 Å². The van der Waals surface area contributed by atoms with E-state index >= 15 is 0 Å². The van der Waals surface area contributed by atoms with Gasteiger partial charge in [0.25, 0.3) is 0 Å². The summed E-state index contributed by atoms with van der Waals surface area (Å²) < 4.78 is 0. The highest BCUT2D eigenvalue weighted by molar-refractivity contribution is 9.11. The fraction of sp³-hybridized carbons (Fsp3) is 0.600. The van der Waals surface area contributed by atoms with Gasteiger partial charge in [0.1, 0.15) is 0 Å². The molecule has 11 heavy (non-hydrogen) atoms. The second-order valence-corrected chi connectivity index (χ2v) is 2.92. The second kappa shape index (κ2) is 7.88. The molecule has 0 bridgehead atoms. The standard InChI is InChI=1S/C10H15Br/c1-3-5-6-8-10(9-11)7-4-2/h9H,3,5-6,8H2,1-2H3. The molecule has 0 aromatic carbocycles. The predicted molar refractivity (Wildman–Crippen MR) is 54.6 cm³/mol. The first kappa shape index (κ1) is 10.8. The molecule has 0 aromatic heterocycles. The van der Waals surface area contributed by atoms with Crippen LogP contribution in [0.15, 0.2) is 10.6 Å². The molecular weight excluding hydrogens is 200 g/mol. The Morgan fingerprint density at radius 1 is 1.45 bits per heavy atom. The molecule has 0 nitrogen and oxygen atoms in total. The van der Waals surface area contributed by atoms with Gasteiger partial charge >= 0.3 is 0 Å². The van der Waals surface area contributed by atoms with Gasteiger partial charge in [0.05, 0.1) is 0 Å². The maximum atomic E-state index is 3.30. The first-order valence-corrected chi connectivity index (χ1v) is 4.98. The molecule has 0 aliphatic heterocycles. The van der Waals surface area contributed by atoms with Crippen molar-refractivity contribution >= 4 is 15.9 Å². The van der Waals surface area contributed by atoms with Crippen molar-refractivity contribution in [3.05, 3.63) is 10.6 Å². The summed E-state index contributed by atoms with van der Waals surface area (Å²) in [6.07, 6.45) is 4.94. The van der Waals surface area contributed by atoms with Crippen LogP contribution in [0.3, 0.4) is 0 Å². The lowest BCUT2D eigenvalue weighted by Gasteiger charge is -1.96. The van der Waals surface area contributed by atoms with Gasteiger partial charge in [0, 0.05) is 5.57 Å². The molecule has 1 heteroatoms. The fourth-order valence-electron chi connectivity index (χ4n) is 0.870. The van der Waals surface area contributed by atoms with Crippen LogP contribution >= 0.6 is 15.9 Å². The molecule has 0 saturated carbocycles. The molecule has 0 radical (unpaired) electrons. The molecule has 0 aromatic rings. The smallest absolute Gasteiger partial charge is 0.00892 e. The van der Waals surface area contributed by atoms with Crippen molar-refractivity contribution in [1.82, 2.24) is 0 Å². The van der Waals surface area contributed by atoms with E-state index in [0.717, 1.165) is 6.42 Å². The maximum absolute atomic E-state index is 3.30. The van der Waals surface area contributed by atoms with Gasteiger partial charge in [-0.1, -0.05) is 41.6 Å². The molecule has 0 aliphatic carbocycles. The van der Waals surface area contributed by atoms with Gasteiger partial charge in [-0.3, -0.25) is 0 Å². The summed E-state index contributed by atoms with van der Waals surface area (Å²) in [5.74, 6) is 5.95. The largest absolute Gasteiger partial charge is 0.102 e. The van der Waals surface area contributed by atoms with E-state index in [2.05, 4.69) is 34.7 Å². The van der Waals surface area contributed by atoms with E-state index in [-0.39, 0.29) is 0 Å². The van der Waals surface area contributed by atoms with Crippen molar-refractivity contribution in [2.45, 2.75) is 39.5 Å². The van der Waals surface area contributed by atoms with Gasteiger partial charge in [-0.25, -0.2) is 0 Å². The Hall–Kier alpha value is -0.220. The summed E-state index contributed by atoms with van der Waals surface area (Å²) >= 11 is 3.30. The number of allylic oxidation sites excluding steroid dienone is 1. The molecule has 0 saturated heterocycles. The SMILES string of the molecule is CC#CC(=CBr)CCCCC. The van der Waals surface area contributed by atoms with Crippen molar-refractivity contribution in [3.63, 3.8) is 0 Å². The molecule has 0 fully saturated rings. The van der Waals surface area contributed by atoms with E-state index < -0.39 is 0 Å². The van der Waals surface area contributed by atoms with E-state index in [1.54, 1.807) is 0 Å². The molecular formula is C10H15Br. The van der Waals surface area contributed by atoms with Crippen LogP contribution in [0.1, 0.15) is 39.5 Å². The van der Waals surface area contributed by atoms with E-state index in [1.165, 1.54) is 24.8 Å². The van der Waals surface area contributed by atoms with Crippen molar-refractivity contribution < 1.29 is 0 Å². The highest BCUT2D eigenvalue weighted by Gasteiger charge is 1.90. The quantitative estimate of drug-likeness (QED) is 0.493. The van der Waals surface area contributed by atoms with Gasteiger partial charge in [0.15, 0.2) is 0 Å². The molecule has 0 unspecified atom stereocenters. The second-order valence-electron chi connectivity index (χ2n) is 2.47. The van der Waals surface area contributed by atoms with Crippen LogP contribution in [-0.2, 0) is 0 Å². The van der Waals surface area contributed by atoms with E-state index in [9.17, 15) is 0 Å². The van der Waals surface area contributed by atoms with Crippen LogP contribution in [0.2, 0.25) is 0 Å². The van der Waals surface area contributed by atoms with Gasteiger partial charge in [-0.15, -0.1) is 5.92 Å². The van der Waals surface area contributed by atoms with Crippen molar-refractivity contribution in [2.75, 3.05) is 0 Å². The third-order valence-corrected chi connectivity index (χ3v) is 2.02. The van der Waals surface area contributed by atoms with E-state index in [0.29, 0.717) is 0 Å². The lowest BCUT2D eigenvalue weighted by Crippen LogP contribution is -1.79. The molecule has 0 heterocycles. The predicted octanol–water partition coefficient (Wildman–Crippen LogP) is 3.87. The average Bonchev–Trinajstić information content (AvgIpc) is 2.03. The third kappa shape index (κ3) is 6.19. The minimum atomic E-state index is 1.11. The molecule has 0 aliphatic rings. The van der Waals surface area contributed by atoms with Gasteiger partial charge in [-0.05, 0) is 24.8 Å². The lowest BCUT2D eigenvalue weighted by atomic mass is 10.1. The Balaban J connectivity index is 3.60. The molecule has 0 amide bonds. The summed E-state index contributed by atoms with van der Waals surface area (Å²) in [7, 11) is 0. The number of unbranched alkanes of at least 4 members (excludes halogenated alkanes) is 2. The van der Waals surface area contributed by atoms with Crippen LogP contribution in [0.25, 0.3) is 0 Å². The highest BCUT2D eigenvalue weighted by atomic mass is 79.9. The number of halogens is 1. The zero-order valence-electron chi connectivity index (χ0n) is 7.28. The minimum absolute atomic E-state index is 1.11.